The minimum Gasteiger partial charge on any atom is -0.349 e. The number of nitrogens with one attached hydrogen (secondary N) is 1. The van der Waals surface area contributed by atoms with E-state index >= 15 is 0 Å². The Labute approximate surface area is 114 Å². The third-order valence-electron chi connectivity index (χ3n) is 4.73. The Morgan fingerprint density at radius 2 is 2.11 bits per heavy atom. The van der Waals surface area contributed by atoms with Crippen LogP contribution in [0.2, 0.25) is 0 Å². The highest BCUT2D eigenvalue weighted by molar-refractivity contribution is 5.95. The summed E-state index contributed by atoms with van der Waals surface area (Å²) in [4.78, 5) is 12.4. The van der Waals surface area contributed by atoms with Crippen molar-refractivity contribution < 1.29 is 4.79 Å². The smallest absolute Gasteiger partial charge is 0.251 e. The van der Waals surface area contributed by atoms with E-state index in [0.29, 0.717) is 12.6 Å². The maximum atomic E-state index is 12.4. The summed E-state index contributed by atoms with van der Waals surface area (Å²) in [6.07, 6.45) is 5.91. The normalized spacial score (nSPS) is 28.6. The van der Waals surface area contributed by atoms with Gasteiger partial charge >= 0.3 is 0 Å². The molecule has 0 heterocycles. The molecule has 1 amide bonds. The molecule has 2 fully saturated rings. The fourth-order valence-corrected chi connectivity index (χ4v) is 3.78. The highest BCUT2D eigenvalue weighted by Gasteiger charge is 2.40. The largest absolute Gasteiger partial charge is 0.349 e. The summed E-state index contributed by atoms with van der Waals surface area (Å²) in [7, 11) is 0. The third kappa shape index (κ3) is 2.52. The van der Waals surface area contributed by atoms with Gasteiger partial charge in [0.2, 0.25) is 0 Å². The summed E-state index contributed by atoms with van der Waals surface area (Å²) in [5, 5.41) is 3.25. The average Bonchev–Trinajstić information content (AvgIpc) is 3.02. The van der Waals surface area contributed by atoms with Gasteiger partial charge in [0.25, 0.3) is 5.91 Å². The van der Waals surface area contributed by atoms with Gasteiger partial charge in [0.15, 0.2) is 0 Å². The second-order valence-electron chi connectivity index (χ2n) is 5.95. The van der Waals surface area contributed by atoms with Crippen molar-refractivity contribution in [3.05, 3.63) is 35.4 Å². The van der Waals surface area contributed by atoms with Crippen LogP contribution in [0.1, 0.15) is 41.6 Å². The van der Waals surface area contributed by atoms with Gasteiger partial charge in [0.05, 0.1) is 0 Å². The van der Waals surface area contributed by atoms with Crippen molar-refractivity contribution in [1.82, 2.24) is 5.32 Å². The number of carbonyl (C=O) groups is 1. The summed E-state index contributed by atoms with van der Waals surface area (Å²) in [6.45, 7) is 0.582. The standard InChI is InChI=1S/C16H22N2O/c17-8-7-12-3-1-2-4-14(12)16(19)18-15-10-11-5-6-13(15)9-11/h1-4,11,13,15H,5-10,17H2,(H,18,19). The van der Waals surface area contributed by atoms with Gasteiger partial charge in [-0.1, -0.05) is 24.6 Å². The molecule has 3 N–H and O–H groups in total. The summed E-state index contributed by atoms with van der Waals surface area (Å²) in [5.74, 6) is 1.66. The lowest BCUT2D eigenvalue weighted by molar-refractivity contribution is 0.0922. The number of rotatable bonds is 4. The van der Waals surface area contributed by atoms with E-state index in [4.69, 9.17) is 5.73 Å². The summed E-state index contributed by atoms with van der Waals surface area (Å²) >= 11 is 0. The van der Waals surface area contributed by atoms with Crippen LogP contribution >= 0.6 is 0 Å². The van der Waals surface area contributed by atoms with Crippen LogP contribution in [-0.4, -0.2) is 18.5 Å². The zero-order chi connectivity index (χ0) is 13.2. The molecule has 19 heavy (non-hydrogen) atoms. The molecule has 2 aliphatic carbocycles. The molecular formula is C16H22N2O. The number of carbonyl (C=O) groups excluding carboxylic acids is 1. The average molecular weight is 258 g/mol. The van der Waals surface area contributed by atoms with E-state index in [-0.39, 0.29) is 5.91 Å². The van der Waals surface area contributed by atoms with Gasteiger partial charge in [-0.2, -0.15) is 0 Å². The van der Waals surface area contributed by atoms with Gasteiger partial charge < -0.3 is 11.1 Å². The monoisotopic (exact) mass is 258 g/mol. The molecule has 3 rings (SSSR count). The second-order valence-corrected chi connectivity index (χ2v) is 5.95. The van der Waals surface area contributed by atoms with Gasteiger partial charge in [0.1, 0.15) is 0 Å². The van der Waals surface area contributed by atoms with Crippen molar-refractivity contribution in [1.29, 1.82) is 0 Å². The van der Waals surface area contributed by atoms with Crippen LogP contribution in [0.5, 0.6) is 0 Å². The van der Waals surface area contributed by atoms with E-state index in [0.717, 1.165) is 29.4 Å². The van der Waals surface area contributed by atoms with Crippen LogP contribution in [-0.2, 0) is 6.42 Å². The molecule has 0 aliphatic heterocycles. The third-order valence-corrected chi connectivity index (χ3v) is 4.73. The maximum Gasteiger partial charge on any atom is 0.251 e. The van der Waals surface area contributed by atoms with Crippen LogP contribution in [0.4, 0.5) is 0 Å². The summed E-state index contributed by atoms with van der Waals surface area (Å²) < 4.78 is 0. The van der Waals surface area contributed by atoms with Crippen LogP contribution in [0.25, 0.3) is 0 Å². The van der Waals surface area contributed by atoms with E-state index in [1.807, 2.05) is 24.3 Å². The number of benzene rings is 1. The van der Waals surface area contributed by atoms with Gasteiger partial charge in [0, 0.05) is 11.6 Å². The highest BCUT2D eigenvalue weighted by Crippen LogP contribution is 2.44. The van der Waals surface area contributed by atoms with Crippen LogP contribution in [0.15, 0.2) is 24.3 Å². The first-order valence-corrected chi connectivity index (χ1v) is 7.36. The predicted octanol–water partition coefficient (Wildman–Crippen LogP) is 2.11. The molecule has 0 spiro atoms. The Morgan fingerprint density at radius 3 is 2.79 bits per heavy atom. The first kappa shape index (κ1) is 12.7. The molecule has 2 bridgehead atoms. The number of fused-ring (bicyclic) bond motifs is 2. The zero-order valence-electron chi connectivity index (χ0n) is 11.3. The zero-order valence-corrected chi connectivity index (χ0v) is 11.3. The number of nitrogens with two attached hydrogens (primary N) is 1. The highest BCUT2D eigenvalue weighted by atomic mass is 16.1. The Kier molecular flexibility index (Phi) is 3.56. The van der Waals surface area contributed by atoms with E-state index in [2.05, 4.69) is 5.32 Å². The summed E-state index contributed by atoms with van der Waals surface area (Å²) in [5.41, 5.74) is 7.47. The lowest BCUT2D eigenvalue weighted by Crippen LogP contribution is -2.38. The molecule has 102 valence electrons. The number of amides is 1. The van der Waals surface area contributed by atoms with Gasteiger partial charge in [-0.05, 0) is 55.7 Å². The molecule has 3 heteroatoms. The lowest BCUT2D eigenvalue weighted by Gasteiger charge is -2.23. The first-order valence-electron chi connectivity index (χ1n) is 7.36. The van der Waals surface area contributed by atoms with Crippen LogP contribution in [0, 0.1) is 11.8 Å². The Hall–Kier alpha value is -1.35. The molecule has 2 saturated carbocycles. The summed E-state index contributed by atoms with van der Waals surface area (Å²) in [6, 6.07) is 8.21. The molecule has 3 atom stereocenters. The lowest BCUT2D eigenvalue weighted by atomic mass is 9.94. The molecule has 0 radical (unpaired) electrons. The van der Waals surface area contributed by atoms with Crippen molar-refractivity contribution in [2.75, 3.05) is 6.54 Å². The minimum absolute atomic E-state index is 0.0848. The minimum atomic E-state index is 0.0848. The van der Waals surface area contributed by atoms with E-state index in [9.17, 15) is 4.79 Å². The molecule has 3 nitrogen and oxygen atoms in total. The molecule has 3 unspecified atom stereocenters. The molecule has 1 aromatic carbocycles. The fraction of sp³-hybridized carbons (Fsp3) is 0.562. The number of hydrogen-bond acceptors (Lipinski definition) is 2. The van der Waals surface area contributed by atoms with Crippen molar-refractivity contribution in [3.63, 3.8) is 0 Å². The Morgan fingerprint density at radius 1 is 1.26 bits per heavy atom. The van der Waals surface area contributed by atoms with Crippen molar-refractivity contribution >= 4 is 5.91 Å². The van der Waals surface area contributed by atoms with Crippen molar-refractivity contribution in [3.8, 4) is 0 Å². The topological polar surface area (TPSA) is 55.1 Å². The molecular weight excluding hydrogens is 236 g/mol. The quantitative estimate of drug-likeness (QED) is 0.869. The second kappa shape index (κ2) is 5.33. The van der Waals surface area contributed by atoms with Gasteiger partial charge in [-0.25, -0.2) is 0 Å². The number of hydrogen-bond donors (Lipinski definition) is 2. The van der Waals surface area contributed by atoms with Crippen LogP contribution in [0.3, 0.4) is 0 Å². The first-order chi connectivity index (χ1) is 9.28. The van der Waals surface area contributed by atoms with Gasteiger partial charge in [-0.15, -0.1) is 0 Å². The fourth-order valence-electron chi connectivity index (χ4n) is 3.78. The molecule has 1 aromatic rings. The SMILES string of the molecule is NCCc1ccccc1C(=O)NC1CC2CCC1C2. The van der Waals surface area contributed by atoms with Gasteiger partial charge in [-0.3, -0.25) is 4.79 Å². The van der Waals surface area contributed by atoms with Crippen molar-refractivity contribution in [2.24, 2.45) is 17.6 Å². The molecule has 0 saturated heterocycles. The molecule has 2 aliphatic rings. The Balaban J connectivity index is 1.70. The Bertz CT molecular complexity index is 472. The van der Waals surface area contributed by atoms with Crippen LogP contribution < -0.4 is 11.1 Å². The maximum absolute atomic E-state index is 12.4. The van der Waals surface area contributed by atoms with Crippen molar-refractivity contribution in [2.45, 2.75) is 38.1 Å². The van der Waals surface area contributed by atoms with E-state index < -0.39 is 0 Å². The molecule has 0 aromatic heterocycles. The van der Waals surface area contributed by atoms with E-state index in [1.165, 1.54) is 25.7 Å². The van der Waals surface area contributed by atoms with E-state index in [1.54, 1.807) is 0 Å². The predicted molar refractivity (Wildman–Crippen MR) is 75.9 cm³/mol.